The van der Waals surface area contributed by atoms with E-state index in [0.29, 0.717) is 39.1 Å². The second-order valence-corrected chi connectivity index (χ2v) is 7.70. The molecule has 0 saturated carbocycles. The van der Waals surface area contributed by atoms with E-state index in [9.17, 15) is 12.6 Å². The highest BCUT2D eigenvalue weighted by Crippen LogP contribution is 2.02. The molecule has 1 rings (SSSR count). The second-order valence-electron chi connectivity index (χ2n) is 4.15. The lowest BCUT2D eigenvalue weighted by atomic mass is 10.3. The molecule has 17 heavy (non-hydrogen) atoms. The topological polar surface area (TPSA) is 78.5 Å². The SMILES string of the molecule is CC(CCNS(=O)(=O)N1CCNCC1)S(C)=O. The van der Waals surface area contributed by atoms with Gasteiger partial charge in [-0.25, -0.2) is 4.72 Å². The molecule has 0 aliphatic carbocycles. The summed E-state index contributed by atoms with van der Waals surface area (Å²) in [5, 5.41) is 3.12. The van der Waals surface area contributed by atoms with Crippen LogP contribution in [0.1, 0.15) is 13.3 Å². The first-order chi connectivity index (χ1) is 7.93. The molecule has 2 unspecified atom stereocenters. The van der Waals surface area contributed by atoms with Crippen molar-refractivity contribution < 1.29 is 12.6 Å². The molecular formula is C9H21N3O3S2. The average Bonchev–Trinajstić information content (AvgIpc) is 2.29. The van der Waals surface area contributed by atoms with Crippen molar-refractivity contribution in [1.29, 1.82) is 0 Å². The zero-order valence-electron chi connectivity index (χ0n) is 10.3. The van der Waals surface area contributed by atoms with Crippen molar-refractivity contribution in [2.45, 2.75) is 18.6 Å². The lowest BCUT2D eigenvalue weighted by molar-refractivity contribution is 0.355. The standard InChI is InChI=1S/C9H21N3O3S2/c1-9(16(2)13)3-4-11-17(14,15)12-7-5-10-6-8-12/h9-11H,3-8H2,1-2H3. The molecule has 1 heterocycles. The molecule has 0 spiro atoms. The Kier molecular flexibility index (Phi) is 6.01. The van der Waals surface area contributed by atoms with E-state index in [1.165, 1.54) is 4.31 Å². The quantitative estimate of drug-likeness (QED) is 0.647. The monoisotopic (exact) mass is 283 g/mol. The molecule has 0 aromatic rings. The summed E-state index contributed by atoms with van der Waals surface area (Å²) in [7, 11) is -4.26. The Morgan fingerprint density at radius 3 is 2.53 bits per heavy atom. The van der Waals surface area contributed by atoms with Crippen LogP contribution < -0.4 is 10.0 Å². The Balaban J connectivity index is 2.36. The van der Waals surface area contributed by atoms with Crippen LogP contribution >= 0.6 is 0 Å². The van der Waals surface area contributed by atoms with Gasteiger partial charge in [0.05, 0.1) is 0 Å². The average molecular weight is 283 g/mol. The van der Waals surface area contributed by atoms with E-state index in [0.717, 1.165) is 0 Å². The van der Waals surface area contributed by atoms with Crippen LogP contribution in [0.2, 0.25) is 0 Å². The zero-order valence-corrected chi connectivity index (χ0v) is 11.9. The summed E-state index contributed by atoms with van der Waals surface area (Å²) in [5.74, 6) is 0. The van der Waals surface area contributed by atoms with Crippen LogP contribution in [-0.4, -0.2) is 61.2 Å². The Labute approximate surface area is 106 Å². The van der Waals surface area contributed by atoms with Gasteiger partial charge >= 0.3 is 0 Å². The minimum atomic E-state index is -3.36. The molecule has 0 aromatic heterocycles. The smallest absolute Gasteiger partial charge is 0.279 e. The van der Waals surface area contributed by atoms with Crippen molar-refractivity contribution in [3.63, 3.8) is 0 Å². The summed E-state index contributed by atoms with van der Waals surface area (Å²) in [4.78, 5) is 0. The van der Waals surface area contributed by atoms with Crippen molar-refractivity contribution in [1.82, 2.24) is 14.3 Å². The van der Waals surface area contributed by atoms with Gasteiger partial charge in [0.15, 0.2) is 0 Å². The van der Waals surface area contributed by atoms with Crippen LogP contribution in [0, 0.1) is 0 Å². The maximum absolute atomic E-state index is 11.8. The fourth-order valence-electron chi connectivity index (χ4n) is 1.53. The molecule has 102 valence electrons. The van der Waals surface area contributed by atoms with Gasteiger partial charge in [0.25, 0.3) is 10.2 Å². The first kappa shape index (κ1) is 15.0. The maximum atomic E-state index is 11.8. The third kappa shape index (κ3) is 5.01. The van der Waals surface area contributed by atoms with Crippen LogP contribution in [0.3, 0.4) is 0 Å². The van der Waals surface area contributed by atoms with Gasteiger partial charge < -0.3 is 5.32 Å². The molecule has 0 radical (unpaired) electrons. The van der Waals surface area contributed by atoms with E-state index in [4.69, 9.17) is 0 Å². The Hall–Kier alpha value is -0.0200. The highest BCUT2D eigenvalue weighted by molar-refractivity contribution is 7.87. The normalized spacial score (nSPS) is 22.2. The minimum Gasteiger partial charge on any atom is -0.314 e. The first-order valence-corrected chi connectivity index (χ1v) is 8.77. The van der Waals surface area contributed by atoms with Crippen molar-refractivity contribution in [3.05, 3.63) is 0 Å². The van der Waals surface area contributed by atoms with E-state index in [1.807, 2.05) is 6.92 Å². The molecule has 1 aliphatic heterocycles. The van der Waals surface area contributed by atoms with Gasteiger partial charge in [0.1, 0.15) is 0 Å². The van der Waals surface area contributed by atoms with E-state index in [2.05, 4.69) is 10.0 Å². The molecule has 1 fully saturated rings. The van der Waals surface area contributed by atoms with Crippen molar-refractivity contribution in [2.75, 3.05) is 39.0 Å². The van der Waals surface area contributed by atoms with Crippen molar-refractivity contribution in [2.24, 2.45) is 0 Å². The van der Waals surface area contributed by atoms with Gasteiger partial charge in [-0.3, -0.25) is 4.21 Å². The lowest BCUT2D eigenvalue weighted by Crippen LogP contribution is -2.50. The molecule has 1 aliphatic rings. The second kappa shape index (κ2) is 6.79. The fraction of sp³-hybridized carbons (Fsp3) is 1.00. The van der Waals surface area contributed by atoms with E-state index >= 15 is 0 Å². The minimum absolute atomic E-state index is 0.0146. The fourth-order valence-corrected chi connectivity index (χ4v) is 3.20. The van der Waals surface area contributed by atoms with Gasteiger partial charge in [0, 0.05) is 55.0 Å². The lowest BCUT2D eigenvalue weighted by Gasteiger charge is -2.26. The summed E-state index contributed by atoms with van der Waals surface area (Å²) in [6.45, 7) is 4.59. The van der Waals surface area contributed by atoms with Crippen LogP contribution in [0.25, 0.3) is 0 Å². The third-order valence-electron chi connectivity index (χ3n) is 2.82. The summed E-state index contributed by atoms with van der Waals surface area (Å²) >= 11 is 0. The number of rotatable bonds is 6. The van der Waals surface area contributed by atoms with E-state index in [1.54, 1.807) is 6.26 Å². The molecule has 8 heteroatoms. The predicted molar refractivity (Wildman–Crippen MR) is 69.5 cm³/mol. The molecule has 0 aromatic carbocycles. The van der Waals surface area contributed by atoms with Gasteiger partial charge in [-0.05, 0) is 6.42 Å². The molecule has 2 N–H and O–H groups in total. The number of nitrogens with zero attached hydrogens (tertiary/aromatic N) is 1. The van der Waals surface area contributed by atoms with E-state index in [-0.39, 0.29) is 5.25 Å². The summed E-state index contributed by atoms with van der Waals surface area (Å²) < 4.78 is 38.8. The zero-order chi connectivity index (χ0) is 12.9. The first-order valence-electron chi connectivity index (χ1n) is 5.71. The van der Waals surface area contributed by atoms with Crippen LogP contribution in [-0.2, 0) is 21.0 Å². The summed E-state index contributed by atoms with van der Waals surface area (Å²) in [6, 6.07) is 0. The third-order valence-corrected chi connectivity index (χ3v) is 5.80. The van der Waals surface area contributed by atoms with Crippen LogP contribution in [0.4, 0.5) is 0 Å². The van der Waals surface area contributed by atoms with Crippen molar-refractivity contribution >= 4 is 21.0 Å². The van der Waals surface area contributed by atoms with Crippen LogP contribution in [0.15, 0.2) is 0 Å². The number of hydrogen-bond donors (Lipinski definition) is 2. The van der Waals surface area contributed by atoms with Gasteiger partial charge in [-0.1, -0.05) is 6.92 Å². The number of nitrogens with one attached hydrogen (secondary N) is 2. The van der Waals surface area contributed by atoms with Crippen LogP contribution in [0.5, 0.6) is 0 Å². The van der Waals surface area contributed by atoms with Gasteiger partial charge in [-0.15, -0.1) is 0 Å². The molecule has 1 saturated heterocycles. The molecule has 0 bridgehead atoms. The number of piperazine rings is 1. The Morgan fingerprint density at radius 1 is 1.41 bits per heavy atom. The Morgan fingerprint density at radius 2 is 2.00 bits per heavy atom. The van der Waals surface area contributed by atoms with Gasteiger partial charge in [-0.2, -0.15) is 12.7 Å². The van der Waals surface area contributed by atoms with Crippen molar-refractivity contribution in [3.8, 4) is 0 Å². The highest BCUT2D eigenvalue weighted by atomic mass is 32.2. The summed E-state index contributed by atoms with van der Waals surface area (Å²) in [5.41, 5.74) is 0. The van der Waals surface area contributed by atoms with Gasteiger partial charge in [0.2, 0.25) is 0 Å². The molecule has 0 amide bonds. The summed E-state index contributed by atoms with van der Waals surface area (Å²) in [6.07, 6.45) is 2.23. The number of hydrogen-bond acceptors (Lipinski definition) is 4. The largest absolute Gasteiger partial charge is 0.314 e. The molecule has 6 nitrogen and oxygen atoms in total. The predicted octanol–water partition coefficient (Wildman–Crippen LogP) is -1.12. The van der Waals surface area contributed by atoms with E-state index < -0.39 is 21.0 Å². The molecular weight excluding hydrogens is 262 g/mol. The Bertz CT molecular complexity index is 352. The highest BCUT2D eigenvalue weighted by Gasteiger charge is 2.23. The molecule has 2 atom stereocenters. The maximum Gasteiger partial charge on any atom is 0.279 e.